The first-order valence-corrected chi connectivity index (χ1v) is 17.0. The maximum absolute atomic E-state index is 14.6. The zero-order valence-corrected chi connectivity index (χ0v) is 28.3. The number of anilines is 1. The predicted molar refractivity (Wildman–Crippen MR) is 183 cm³/mol. The van der Waals surface area contributed by atoms with Gasteiger partial charge in [0.15, 0.2) is 0 Å². The Labute approximate surface area is 280 Å². The Bertz CT molecular complexity index is 1750. The molecule has 0 aromatic heterocycles. The van der Waals surface area contributed by atoms with Crippen molar-refractivity contribution in [2.75, 3.05) is 24.5 Å². The van der Waals surface area contributed by atoms with Gasteiger partial charge in [-0.25, -0.2) is 8.42 Å². The second-order valence-corrected chi connectivity index (χ2v) is 13.5. The zero-order valence-electron chi connectivity index (χ0n) is 26.0. The van der Waals surface area contributed by atoms with Crippen LogP contribution in [0, 0.1) is 6.92 Å². The number of methoxy groups -OCH3 is 1. The molecule has 1 unspecified atom stereocenters. The summed E-state index contributed by atoms with van der Waals surface area (Å²) in [6, 6.07) is 26.3. The zero-order chi connectivity index (χ0) is 33.3. The number of carbonyl (C=O) groups is 2. The molecule has 0 radical (unpaired) electrons. The van der Waals surface area contributed by atoms with Crippen molar-refractivity contribution in [1.29, 1.82) is 0 Å². The second kappa shape index (κ2) is 16.0. The highest BCUT2D eigenvalue weighted by Gasteiger charge is 2.35. The van der Waals surface area contributed by atoms with Gasteiger partial charge >= 0.3 is 0 Å². The smallest absolute Gasteiger partial charge is 0.264 e. The Morgan fingerprint density at radius 3 is 2.26 bits per heavy atom. The highest BCUT2D eigenvalue weighted by molar-refractivity contribution is 7.92. The lowest BCUT2D eigenvalue weighted by molar-refractivity contribution is -0.140. The molecule has 0 saturated heterocycles. The van der Waals surface area contributed by atoms with E-state index < -0.39 is 28.5 Å². The molecule has 0 saturated carbocycles. The first-order chi connectivity index (χ1) is 22.0. The van der Waals surface area contributed by atoms with Gasteiger partial charge in [0.1, 0.15) is 18.3 Å². The van der Waals surface area contributed by atoms with Gasteiger partial charge in [-0.2, -0.15) is 0 Å². The first kappa shape index (κ1) is 34.8. The van der Waals surface area contributed by atoms with E-state index in [0.717, 1.165) is 15.4 Å². The molecule has 0 aliphatic rings. The lowest BCUT2D eigenvalue weighted by Crippen LogP contribution is -2.53. The number of carbonyl (C=O) groups excluding carboxylic acids is 2. The van der Waals surface area contributed by atoms with Crippen LogP contribution >= 0.6 is 23.2 Å². The van der Waals surface area contributed by atoms with E-state index in [9.17, 15) is 18.0 Å². The monoisotopic (exact) mass is 681 g/mol. The number of sulfonamides is 1. The predicted octanol–water partition coefficient (Wildman–Crippen LogP) is 6.67. The van der Waals surface area contributed by atoms with Crippen LogP contribution in [0.15, 0.2) is 102 Å². The Hall–Kier alpha value is -4.05. The minimum absolute atomic E-state index is 0.00871. The molecule has 0 aliphatic heterocycles. The molecule has 46 heavy (non-hydrogen) atoms. The van der Waals surface area contributed by atoms with Gasteiger partial charge in [0, 0.05) is 24.5 Å². The van der Waals surface area contributed by atoms with Gasteiger partial charge in [-0.05, 0) is 66.9 Å². The fourth-order valence-electron chi connectivity index (χ4n) is 4.92. The molecular weight excluding hydrogens is 645 g/mol. The van der Waals surface area contributed by atoms with E-state index in [4.69, 9.17) is 27.9 Å². The number of hydrogen-bond acceptors (Lipinski definition) is 5. The number of halogens is 2. The minimum atomic E-state index is -4.32. The molecule has 4 aromatic carbocycles. The van der Waals surface area contributed by atoms with Gasteiger partial charge in [0.25, 0.3) is 10.0 Å². The third kappa shape index (κ3) is 8.81. The highest BCUT2D eigenvalue weighted by Crippen LogP contribution is 2.33. The van der Waals surface area contributed by atoms with E-state index >= 15 is 0 Å². The number of nitrogens with one attached hydrogen (secondary N) is 1. The average molecular weight is 683 g/mol. The number of aryl methyl sites for hydroxylation is 1. The van der Waals surface area contributed by atoms with Gasteiger partial charge in [-0.15, -0.1) is 0 Å². The summed E-state index contributed by atoms with van der Waals surface area (Å²) < 4.78 is 34.8. The summed E-state index contributed by atoms with van der Waals surface area (Å²) in [5.74, 6) is -0.382. The lowest BCUT2D eigenvalue weighted by atomic mass is 10.0. The molecule has 0 bridgehead atoms. The largest absolute Gasteiger partial charge is 0.497 e. The Balaban J connectivity index is 1.83. The topological polar surface area (TPSA) is 96.0 Å². The number of hydrogen-bond donors (Lipinski definition) is 1. The Morgan fingerprint density at radius 1 is 0.891 bits per heavy atom. The minimum Gasteiger partial charge on any atom is -0.497 e. The van der Waals surface area contributed by atoms with E-state index in [-0.39, 0.29) is 39.5 Å². The van der Waals surface area contributed by atoms with Gasteiger partial charge in [0.05, 0.1) is 22.7 Å². The lowest BCUT2D eigenvalue weighted by Gasteiger charge is -2.34. The molecule has 8 nitrogen and oxygen atoms in total. The third-order valence-electron chi connectivity index (χ3n) is 7.37. The van der Waals surface area contributed by atoms with Crippen LogP contribution in [0.25, 0.3) is 0 Å². The molecule has 11 heteroatoms. The maximum Gasteiger partial charge on any atom is 0.264 e. The Morgan fingerprint density at radius 2 is 1.59 bits per heavy atom. The van der Waals surface area contributed by atoms with Crippen molar-refractivity contribution in [2.45, 2.75) is 44.2 Å². The molecule has 1 N–H and O–H groups in total. The van der Waals surface area contributed by atoms with Crippen molar-refractivity contribution in [2.24, 2.45) is 0 Å². The van der Waals surface area contributed by atoms with Crippen LogP contribution in [0.2, 0.25) is 10.0 Å². The summed E-state index contributed by atoms with van der Waals surface area (Å²) in [7, 11) is -2.78. The van der Waals surface area contributed by atoms with Crippen molar-refractivity contribution in [3.05, 3.63) is 124 Å². The molecular formula is C35H37Cl2N3O5S. The molecule has 1 atom stereocenters. The van der Waals surface area contributed by atoms with Crippen LogP contribution in [0.1, 0.15) is 30.0 Å². The molecule has 0 fully saturated rings. The molecule has 242 valence electrons. The quantitative estimate of drug-likeness (QED) is 0.160. The molecule has 4 aromatic rings. The fourth-order valence-corrected chi connectivity index (χ4v) is 6.78. The fraction of sp³-hybridized carbons (Fsp3) is 0.257. The standard InChI is InChI=1S/C35H37Cl2N3O5S/c1-4-19-38-35(42)33(21-26-9-6-5-7-10-26)39(23-27-11-8-12-29(20-27)45-3)34(41)24-40(32-22-28(36)15-18-31(32)37)46(43,44)30-16-13-25(2)14-17-30/h5-18,20,22,33H,4,19,21,23-24H2,1-3H3,(H,38,42). The van der Waals surface area contributed by atoms with E-state index in [1.54, 1.807) is 37.4 Å². The SMILES string of the molecule is CCCNC(=O)C(Cc1ccccc1)N(Cc1cccc(OC)c1)C(=O)CN(c1cc(Cl)ccc1Cl)S(=O)(=O)c1ccc(C)cc1. The van der Waals surface area contributed by atoms with Crippen LogP contribution < -0.4 is 14.4 Å². The van der Waals surface area contributed by atoms with Crippen LogP contribution in [0.4, 0.5) is 5.69 Å². The normalized spacial score (nSPS) is 11.8. The summed E-state index contributed by atoms with van der Waals surface area (Å²) >= 11 is 12.8. The van der Waals surface area contributed by atoms with Crippen molar-refractivity contribution in [3.8, 4) is 5.75 Å². The van der Waals surface area contributed by atoms with E-state index in [1.807, 2.05) is 50.2 Å². The molecule has 0 heterocycles. The molecule has 2 amide bonds. The Kier molecular flexibility index (Phi) is 12.1. The van der Waals surface area contributed by atoms with Crippen molar-refractivity contribution in [1.82, 2.24) is 10.2 Å². The number of nitrogens with zero attached hydrogens (tertiary/aromatic N) is 2. The average Bonchev–Trinajstić information content (AvgIpc) is 3.05. The summed E-state index contributed by atoms with van der Waals surface area (Å²) in [6.45, 7) is 3.56. The summed E-state index contributed by atoms with van der Waals surface area (Å²) in [4.78, 5) is 29.7. The van der Waals surface area contributed by atoms with Crippen LogP contribution in [0.3, 0.4) is 0 Å². The summed E-state index contributed by atoms with van der Waals surface area (Å²) in [5.41, 5.74) is 2.44. The summed E-state index contributed by atoms with van der Waals surface area (Å²) in [5, 5.41) is 3.26. The van der Waals surface area contributed by atoms with Crippen molar-refractivity contribution >= 4 is 50.7 Å². The highest BCUT2D eigenvalue weighted by atomic mass is 35.5. The van der Waals surface area contributed by atoms with Gasteiger partial charge < -0.3 is 15.0 Å². The summed E-state index contributed by atoms with van der Waals surface area (Å²) in [6.07, 6.45) is 0.901. The first-order valence-electron chi connectivity index (χ1n) is 14.8. The van der Waals surface area contributed by atoms with Gasteiger partial charge in [-0.3, -0.25) is 13.9 Å². The number of benzene rings is 4. The third-order valence-corrected chi connectivity index (χ3v) is 9.70. The molecule has 4 rings (SSSR count). The number of ether oxygens (including phenoxy) is 1. The van der Waals surface area contributed by atoms with Crippen molar-refractivity contribution in [3.63, 3.8) is 0 Å². The van der Waals surface area contributed by atoms with Gasteiger partial charge in [0.2, 0.25) is 11.8 Å². The van der Waals surface area contributed by atoms with Crippen LogP contribution in [-0.4, -0.2) is 51.4 Å². The van der Waals surface area contributed by atoms with Crippen molar-refractivity contribution < 1.29 is 22.7 Å². The van der Waals surface area contributed by atoms with Crippen LogP contribution in [0.5, 0.6) is 5.75 Å². The number of rotatable bonds is 14. The van der Waals surface area contributed by atoms with E-state index in [1.165, 1.54) is 35.2 Å². The maximum atomic E-state index is 14.6. The van der Waals surface area contributed by atoms with E-state index in [2.05, 4.69) is 5.32 Å². The second-order valence-electron chi connectivity index (χ2n) is 10.8. The molecule has 0 spiro atoms. The van der Waals surface area contributed by atoms with Gasteiger partial charge in [-0.1, -0.05) is 90.3 Å². The van der Waals surface area contributed by atoms with Crippen LogP contribution in [-0.2, 0) is 32.6 Å². The van der Waals surface area contributed by atoms with E-state index in [0.29, 0.717) is 24.3 Å². The number of amides is 2. The molecule has 0 aliphatic carbocycles.